The maximum Gasteiger partial charge on any atom is 0.255 e. The lowest BCUT2D eigenvalue weighted by atomic mass is 10.1. The van der Waals surface area contributed by atoms with E-state index in [4.69, 9.17) is 17.3 Å². The Hall–Kier alpha value is -1.75. The molecule has 18 heavy (non-hydrogen) atoms. The van der Waals surface area contributed by atoms with Gasteiger partial charge in [0.2, 0.25) is 6.41 Å². The Morgan fingerprint density at radius 3 is 2.56 bits per heavy atom. The van der Waals surface area contributed by atoms with Crippen molar-refractivity contribution in [3.8, 4) is 0 Å². The zero-order chi connectivity index (χ0) is 13.1. The van der Waals surface area contributed by atoms with Gasteiger partial charge in [0.15, 0.2) is 0 Å². The van der Waals surface area contributed by atoms with Crippen molar-refractivity contribution in [2.45, 2.75) is 0 Å². The van der Waals surface area contributed by atoms with Crippen LogP contribution in [0.3, 0.4) is 0 Å². The summed E-state index contributed by atoms with van der Waals surface area (Å²) in [6.45, 7) is 2.13. The van der Waals surface area contributed by atoms with Crippen LogP contribution in [0.15, 0.2) is 18.2 Å². The fraction of sp³-hybridized carbons (Fsp3) is 0.333. The first kappa shape index (κ1) is 12.7. The van der Waals surface area contributed by atoms with Crippen molar-refractivity contribution in [1.29, 1.82) is 0 Å². The molecule has 1 saturated heterocycles. The number of nitrogen functional groups attached to an aromatic ring is 1. The van der Waals surface area contributed by atoms with E-state index in [1.165, 1.54) is 0 Å². The van der Waals surface area contributed by atoms with E-state index >= 15 is 0 Å². The summed E-state index contributed by atoms with van der Waals surface area (Å²) < 4.78 is 0. The molecule has 1 aliphatic rings. The molecule has 6 heteroatoms. The Labute approximate surface area is 110 Å². The van der Waals surface area contributed by atoms with Gasteiger partial charge in [0.1, 0.15) is 0 Å². The van der Waals surface area contributed by atoms with E-state index in [9.17, 15) is 9.59 Å². The summed E-state index contributed by atoms with van der Waals surface area (Å²) >= 11 is 6.00. The van der Waals surface area contributed by atoms with Gasteiger partial charge in [-0.1, -0.05) is 11.6 Å². The summed E-state index contributed by atoms with van der Waals surface area (Å²) in [6.07, 6.45) is 0.801. The molecule has 0 aromatic heterocycles. The zero-order valence-electron chi connectivity index (χ0n) is 9.80. The zero-order valence-corrected chi connectivity index (χ0v) is 10.6. The van der Waals surface area contributed by atoms with Gasteiger partial charge in [0, 0.05) is 31.9 Å². The van der Waals surface area contributed by atoms with E-state index in [2.05, 4.69) is 0 Å². The maximum absolute atomic E-state index is 12.2. The normalized spacial score (nSPS) is 15.6. The highest BCUT2D eigenvalue weighted by atomic mass is 35.5. The highest BCUT2D eigenvalue weighted by molar-refractivity contribution is 6.34. The van der Waals surface area contributed by atoms with Crippen LogP contribution in [0.1, 0.15) is 10.4 Å². The smallest absolute Gasteiger partial charge is 0.255 e. The summed E-state index contributed by atoms with van der Waals surface area (Å²) in [7, 11) is 0. The molecule has 0 bridgehead atoms. The summed E-state index contributed by atoms with van der Waals surface area (Å²) in [6, 6.07) is 4.85. The molecular weight excluding hydrogens is 254 g/mol. The molecule has 5 nitrogen and oxygen atoms in total. The van der Waals surface area contributed by atoms with E-state index < -0.39 is 0 Å². The van der Waals surface area contributed by atoms with Crippen LogP contribution in [0, 0.1) is 0 Å². The van der Waals surface area contributed by atoms with Crippen molar-refractivity contribution in [1.82, 2.24) is 9.80 Å². The Kier molecular flexibility index (Phi) is 3.72. The van der Waals surface area contributed by atoms with Gasteiger partial charge < -0.3 is 15.5 Å². The van der Waals surface area contributed by atoms with Gasteiger partial charge in [0.05, 0.1) is 10.6 Å². The number of halogens is 1. The molecule has 0 aliphatic carbocycles. The van der Waals surface area contributed by atoms with Crippen molar-refractivity contribution >= 4 is 29.6 Å². The Morgan fingerprint density at radius 1 is 1.28 bits per heavy atom. The van der Waals surface area contributed by atoms with E-state index in [-0.39, 0.29) is 5.91 Å². The Bertz CT molecular complexity index is 470. The molecule has 2 rings (SSSR count). The quantitative estimate of drug-likeness (QED) is 0.638. The molecule has 0 radical (unpaired) electrons. The van der Waals surface area contributed by atoms with Gasteiger partial charge in [-0.05, 0) is 18.2 Å². The molecule has 0 unspecified atom stereocenters. The van der Waals surface area contributed by atoms with Crippen LogP contribution in [0.25, 0.3) is 0 Å². The van der Waals surface area contributed by atoms with Crippen LogP contribution in [0.2, 0.25) is 5.02 Å². The Balaban J connectivity index is 2.12. The lowest BCUT2D eigenvalue weighted by molar-refractivity contribution is -0.119. The third-order valence-electron chi connectivity index (χ3n) is 2.97. The van der Waals surface area contributed by atoms with Gasteiger partial charge in [-0.25, -0.2) is 0 Å². The molecule has 1 heterocycles. The second-order valence-electron chi connectivity index (χ2n) is 4.17. The molecule has 96 valence electrons. The van der Waals surface area contributed by atoms with Crippen LogP contribution in [0.5, 0.6) is 0 Å². The largest absolute Gasteiger partial charge is 0.399 e. The van der Waals surface area contributed by atoms with Gasteiger partial charge in [0.25, 0.3) is 5.91 Å². The van der Waals surface area contributed by atoms with E-state index in [0.29, 0.717) is 42.5 Å². The first-order chi connectivity index (χ1) is 8.61. The number of carbonyl (C=O) groups is 2. The number of nitrogens with zero attached hydrogens (tertiary/aromatic N) is 2. The number of piperazine rings is 1. The van der Waals surface area contributed by atoms with Gasteiger partial charge in [-0.15, -0.1) is 0 Å². The second-order valence-corrected chi connectivity index (χ2v) is 4.58. The van der Waals surface area contributed by atoms with Crippen molar-refractivity contribution in [3.63, 3.8) is 0 Å². The number of rotatable bonds is 2. The minimum absolute atomic E-state index is 0.141. The topological polar surface area (TPSA) is 66.6 Å². The highest BCUT2D eigenvalue weighted by Crippen LogP contribution is 2.21. The minimum atomic E-state index is -0.141. The number of benzene rings is 1. The van der Waals surface area contributed by atoms with Crippen molar-refractivity contribution < 1.29 is 9.59 Å². The molecule has 2 amide bonds. The molecule has 1 aromatic carbocycles. The number of hydrogen-bond acceptors (Lipinski definition) is 3. The molecule has 1 aliphatic heterocycles. The average Bonchev–Trinajstić information content (AvgIpc) is 2.41. The van der Waals surface area contributed by atoms with Gasteiger partial charge in [-0.2, -0.15) is 0 Å². The van der Waals surface area contributed by atoms with Crippen LogP contribution in [-0.2, 0) is 4.79 Å². The first-order valence-electron chi connectivity index (χ1n) is 5.65. The standard InChI is InChI=1S/C12H14ClN3O2/c13-11-2-1-9(14)7-10(11)12(18)16-5-3-15(8-17)4-6-16/h1-2,7-8H,3-6,14H2. The number of carbonyl (C=O) groups excluding carboxylic acids is 2. The number of nitrogens with two attached hydrogens (primary N) is 1. The van der Waals surface area contributed by atoms with Crippen LogP contribution in [-0.4, -0.2) is 48.3 Å². The molecule has 0 saturated carbocycles. The van der Waals surface area contributed by atoms with Gasteiger partial charge >= 0.3 is 0 Å². The Morgan fingerprint density at radius 2 is 1.94 bits per heavy atom. The van der Waals surface area contributed by atoms with E-state index in [1.54, 1.807) is 28.0 Å². The van der Waals surface area contributed by atoms with Crippen LogP contribution >= 0.6 is 11.6 Å². The summed E-state index contributed by atoms with van der Waals surface area (Å²) in [5, 5.41) is 0.395. The number of amides is 2. The monoisotopic (exact) mass is 267 g/mol. The second kappa shape index (κ2) is 5.27. The molecule has 0 spiro atoms. The highest BCUT2D eigenvalue weighted by Gasteiger charge is 2.22. The average molecular weight is 268 g/mol. The van der Waals surface area contributed by atoms with Gasteiger partial charge in [-0.3, -0.25) is 9.59 Å². The van der Waals surface area contributed by atoms with E-state index in [0.717, 1.165) is 6.41 Å². The first-order valence-corrected chi connectivity index (χ1v) is 6.03. The van der Waals surface area contributed by atoms with Crippen molar-refractivity contribution in [3.05, 3.63) is 28.8 Å². The lowest BCUT2D eigenvalue weighted by Crippen LogP contribution is -2.48. The van der Waals surface area contributed by atoms with Crippen molar-refractivity contribution in [2.24, 2.45) is 0 Å². The maximum atomic E-state index is 12.2. The SMILES string of the molecule is Nc1ccc(Cl)c(C(=O)N2CCN(C=O)CC2)c1. The third kappa shape index (κ3) is 2.56. The molecular formula is C12H14ClN3O2. The molecule has 0 atom stereocenters. The van der Waals surface area contributed by atoms with Crippen LogP contribution in [0.4, 0.5) is 5.69 Å². The fourth-order valence-corrected chi connectivity index (χ4v) is 2.11. The van der Waals surface area contributed by atoms with Crippen molar-refractivity contribution in [2.75, 3.05) is 31.9 Å². The number of hydrogen-bond donors (Lipinski definition) is 1. The fourth-order valence-electron chi connectivity index (χ4n) is 1.91. The van der Waals surface area contributed by atoms with Crippen LogP contribution < -0.4 is 5.73 Å². The summed E-state index contributed by atoms with van der Waals surface area (Å²) in [5.41, 5.74) is 6.58. The molecule has 2 N–H and O–H groups in total. The molecule has 1 aromatic rings. The molecule has 1 fully saturated rings. The third-order valence-corrected chi connectivity index (χ3v) is 3.30. The summed E-state index contributed by atoms with van der Waals surface area (Å²) in [4.78, 5) is 26.2. The van der Waals surface area contributed by atoms with E-state index in [1.807, 2.05) is 0 Å². The predicted octanol–water partition coefficient (Wildman–Crippen LogP) is 0.836. The minimum Gasteiger partial charge on any atom is -0.399 e. The lowest BCUT2D eigenvalue weighted by Gasteiger charge is -2.32. The number of anilines is 1. The summed E-state index contributed by atoms with van der Waals surface area (Å²) in [5.74, 6) is -0.141. The predicted molar refractivity (Wildman–Crippen MR) is 69.4 cm³/mol.